The molecule has 1 unspecified atom stereocenters. The normalized spacial score (nSPS) is 15.0. The molecule has 0 bridgehead atoms. The average molecular weight is 359 g/mol. The smallest absolute Gasteiger partial charge is 0.287 e. The summed E-state index contributed by atoms with van der Waals surface area (Å²) in [6, 6.07) is 6.80. The number of amides is 2. The first-order valence-electron chi connectivity index (χ1n) is 8.55. The number of carbonyl (C=O) groups is 2. The van der Waals surface area contributed by atoms with Gasteiger partial charge in [0.05, 0.1) is 17.6 Å². The van der Waals surface area contributed by atoms with Crippen LogP contribution in [0.25, 0.3) is 0 Å². The van der Waals surface area contributed by atoms with Crippen LogP contribution < -0.4 is 15.1 Å². The summed E-state index contributed by atoms with van der Waals surface area (Å²) >= 11 is 0. The van der Waals surface area contributed by atoms with Crippen molar-refractivity contribution in [2.24, 2.45) is 5.92 Å². The van der Waals surface area contributed by atoms with Crippen LogP contribution in [0.15, 0.2) is 41.0 Å². The fourth-order valence-electron chi connectivity index (χ4n) is 3.06. The number of carbonyl (C=O) groups excluding carboxylic acids is 2. The Morgan fingerprint density at radius 1 is 1.19 bits per heavy atom. The van der Waals surface area contributed by atoms with Crippen LogP contribution >= 0.6 is 0 Å². The van der Waals surface area contributed by atoms with Crippen molar-refractivity contribution in [3.05, 3.63) is 48.2 Å². The van der Waals surface area contributed by atoms with E-state index in [0.29, 0.717) is 18.8 Å². The lowest BCUT2D eigenvalue weighted by molar-refractivity contribution is -0.121. The standard InChI is InChI=1S/C19H22FN3O3/c1-12(2)17(21-18(24)16-5-4-10-26-16)19(25)23-9-8-22(3)14-7-6-13(20)11-15(14)23/h4-7,10-12,17H,8-9H2,1-3H3,(H,21,24). The van der Waals surface area contributed by atoms with Crippen molar-refractivity contribution in [2.75, 3.05) is 29.9 Å². The maximum absolute atomic E-state index is 13.8. The van der Waals surface area contributed by atoms with Crippen molar-refractivity contribution in [1.82, 2.24) is 5.32 Å². The number of nitrogens with zero attached hydrogens (tertiary/aromatic N) is 2. The molecule has 26 heavy (non-hydrogen) atoms. The number of nitrogens with one attached hydrogen (secondary N) is 1. The second-order valence-electron chi connectivity index (χ2n) is 6.72. The molecule has 2 amide bonds. The highest BCUT2D eigenvalue weighted by atomic mass is 19.1. The molecular weight excluding hydrogens is 337 g/mol. The van der Waals surface area contributed by atoms with Crippen molar-refractivity contribution < 1.29 is 18.4 Å². The number of benzene rings is 1. The molecule has 6 nitrogen and oxygen atoms in total. The van der Waals surface area contributed by atoms with Crippen LogP contribution in [0.4, 0.5) is 15.8 Å². The summed E-state index contributed by atoms with van der Waals surface area (Å²) in [7, 11) is 1.90. The zero-order valence-corrected chi connectivity index (χ0v) is 15.0. The molecule has 3 rings (SSSR count). The molecule has 2 aromatic rings. The summed E-state index contributed by atoms with van der Waals surface area (Å²) in [6.07, 6.45) is 1.40. The first-order chi connectivity index (χ1) is 12.4. The molecule has 138 valence electrons. The molecule has 7 heteroatoms. The molecule has 0 radical (unpaired) electrons. The number of rotatable bonds is 4. The van der Waals surface area contributed by atoms with E-state index in [2.05, 4.69) is 5.32 Å². The molecule has 0 fully saturated rings. The van der Waals surface area contributed by atoms with Gasteiger partial charge in [0.2, 0.25) is 5.91 Å². The van der Waals surface area contributed by atoms with Crippen LogP contribution in [0.1, 0.15) is 24.4 Å². The van der Waals surface area contributed by atoms with Crippen LogP contribution in [0.3, 0.4) is 0 Å². The van der Waals surface area contributed by atoms with E-state index >= 15 is 0 Å². The van der Waals surface area contributed by atoms with Gasteiger partial charge in [-0.25, -0.2) is 4.39 Å². The van der Waals surface area contributed by atoms with Gasteiger partial charge in [-0.3, -0.25) is 9.59 Å². The summed E-state index contributed by atoms with van der Waals surface area (Å²) in [5, 5.41) is 2.74. The van der Waals surface area contributed by atoms with E-state index in [1.54, 1.807) is 17.0 Å². The summed E-state index contributed by atoms with van der Waals surface area (Å²) in [4.78, 5) is 29.0. The highest BCUT2D eigenvalue weighted by molar-refractivity contribution is 6.04. The van der Waals surface area contributed by atoms with Crippen LogP contribution in [0, 0.1) is 11.7 Å². The predicted molar refractivity (Wildman–Crippen MR) is 96.8 cm³/mol. The maximum Gasteiger partial charge on any atom is 0.287 e. The van der Waals surface area contributed by atoms with Gasteiger partial charge < -0.3 is 19.5 Å². The molecule has 1 N–H and O–H groups in total. The number of hydrogen-bond donors (Lipinski definition) is 1. The number of fused-ring (bicyclic) bond motifs is 1. The van der Waals surface area contributed by atoms with Gasteiger partial charge in [0.1, 0.15) is 11.9 Å². The van der Waals surface area contributed by atoms with Gasteiger partial charge in [0.15, 0.2) is 5.76 Å². The lowest BCUT2D eigenvalue weighted by Gasteiger charge is -2.38. The van der Waals surface area contributed by atoms with Crippen molar-refractivity contribution in [3.8, 4) is 0 Å². The Bertz CT molecular complexity index is 804. The minimum absolute atomic E-state index is 0.141. The third-order valence-corrected chi connectivity index (χ3v) is 4.53. The molecule has 0 aliphatic carbocycles. The lowest BCUT2D eigenvalue weighted by Crippen LogP contribution is -2.54. The Labute approximate surface area is 151 Å². The highest BCUT2D eigenvalue weighted by Crippen LogP contribution is 2.33. The second-order valence-corrected chi connectivity index (χ2v) is 6.72. The minimum atomic E-state index is -0.743. The SMILES string of the molecule is CC(C)C(NC(=O)c1ccco1)C(=O)N1CCN(C)c2ccc(F)cc21. The van der Waals surface area contributed by atoms with E-state index in [0.717, 1.165) is 5.69 Å². The van der Waals surface area contributed by atoms with Crippen molar-refractivity contribution >= 4 is 23.2 Å². The topological polar surface area (TPSA) is 65.8 Å². The van der Waals surface area contributed by atoms with Crippen molar-refractivity contribution in [2.45, 2.75) is 19.9 Å². The van der Waals surface area contributed by atoms with Crippen LogP contribution in [-0.2, 0) is 4.79 Å². The Balaban J connectivity index is 1.87. The molecule has 0 spiro atoms. The third-order valence-electron chi connectivity index (χ3n) is 4.53. The maximum atomic E-state index is 13.8. The molecule has 1 aliphatic heterocycles. The number of halogens is 1. The van der Waals surface area contributed by atoms with Crippen molar-refractivity contribution in [3.63, 3.8) is 0 Å². The van der Waals surface area contributed by atoms with Crippen molar-refractivity contribution in [1.29, 1.82) is 0 Å². The Morgan fingerprint density at radius 2 is 1.96 bits per heavy atom. The van der Waals surface area contributed by atoms with Gasteiger partial charge in [0, 0.05) is 20.1 Å². The van der Waals surface area contributed by atoms with Gasteiger partial charge in [0.25, 0.3) is 5.91 Å². The third kappa shape index (κ3) is 3.42. The molecule has 1 atom stereocenters. The highest BCUT2D eigenvalue weighted by Gasteiger charge is 2.33. The summed E-state index contributed by atoms with van der Waals surface area (Å²) in [5.41, 5.74) is 1.30. The van der Waals surface area contributed by atoms with Gasteiger partial charge in [-0.1, -0.05) is 13.8 Å². The van der Waals surface area contributed by atoms with Crippen LogP contribution in [0.5, 0.6) is 0 Å². The summed E-state index contributed by atoms with van der Waals surface area (Å²) < 4.78 is 18.9. The summed E-state index contributed by atoms with van der Waals surface area (Å²) in [5.74, 6) is -1.11. The largest absolute Gasteiger partial charge is 0.459 e. The molecular formula is C19H22FN3O3. The quantitative estimate of drug-likeness (QED) is 0.911. The first kappa shape index (κ1) is 18.0. The molecule has 1 aromatic carbocycles. The molecule has 1 aliphatic rings. The molecule has 1 aromatic heterocycles. The van der Waals surface area contributed by atoms with Crippen LogP contribution in [0.2, 0.25) is 0 Å². The van der Waals surface area contributed by atoms with Gasteiger partial charge in [-0.2, -0.15) is 0 Å². The molecule has 0 saturated heterocycles. The fourth-order valence-corrected chi connectivity index (χ4v) is 3.06. The predicted octanol–water partition coefficient (Wildman–Crippen LogP) is 2.66. The summed E-state index contributed by atoms with van der Waals surface area (Å²) in [6.45, 7) is 4.76. The van der Waals surface area contributed by atoms with Gasteiger partial charge >= 0.3 is 0 Å². The first-order valence-corrected chi connectivity index (χ1v) is 8.55. The monoisotopic (exact) mass is 359 g/mol. The van der Waals surface area contributed by atoms with Gasteiger partial charge in [-0.15, -0.1) is 0 Å². The van der Waals surface area contributed by atoms with E-state index in [-0.39, 0.29) is 17.6 Å². The second kappa shape index (κ2) is 7.19. The van der Waals surface area contributed by atoms with E-state index in [4.69, 9.17) is 4.42 Å². The number of anilines is 2. The molecule has 2 heterocycles. The average Bonchev–Trinajstić information content (AvgIpc) is 3.13. The van der Waals surface area contributed by atoms with E-state index < -0.39 is 17.8 Å². The number of furan rings is 1. The Morgan fingerprint density at radius 3 is 2.62 bits per heavy atom. The molecule has 0 saturated carbocycles. The van der Waals surface area contributed by atoms with E-state index in [1.807, 2.05) is 25.8 Å². The number of likely N-dealkylation sites (N-methyl/N-ethyl adjacent to an activating group) is 1. The zero-order valence-electron chi connectivity index (χ0n) is 15.0. The zero-order chi connectivity index (χ0) is 18.8. The van der Waals surface area contributed by atoms with E-state index in [1.165, 1.54) is 24.5 Å². The minimum Gasteiger partial charge on any atom is -0.459 e. The lowest BCUT2D eigenvalue weighted by atomic mass is 10.0. The van der Waals surface area contributed by atoms with Crippen LogP contribution in [-0.4, -0.2) is 38.0 Å². The van der Waals surface area contributed by atoms with Gasteiger partial charge in [-0.05, 0) is 36.2 Å². The Kier molecular flexibility index (Phi) is 4.97. The Hall–Kier alpha value is -2.83. The number of hydrogen-bond acceptors (Lipinski definition) is 4. The van der Waals surface area contributed by atoms with E-state index in [9.17, 15) is 14.0 Å². The fraction of sp³-hybridized carbons (Fsp3) is 0.368.